The van der Waals surface area contributed by atoms with Crippen LogP contribution in [0.5, 0.6) is 0 Å². The van der Waals surface area contributed by atoms with Gasteiger partial charge in [-0.15, -0.1) is 0 Å². The monoisotopic (exact) mass is 340 g/mol. The third-order valence-electron chi connectivity index (χ3n) is 3.50. The van der Waals surface area contributed by atoms with E-state index in [0.717, 1.165) is 13.8 Å². The van der Waals surface area contributed by atoms with Gasteiger partial charge in [-0.25, -0.2) is 4.79 Å². The minimum absolute atomic E-state index is 0.0390. The zero-order chi connectivity index (χ0) is 17.4. The fourth-order valence-corrected chi connectivity index (χ4v) is 2.41. The molecular weight excluding hydrogens is 325 g/mol. The highest BCUT2D eigenvalue weighted by Crippen LogP contribution is 2.49. The predicted molar refractivity (Wildman–Crippen MR) is 64.7 cm³/mol. The molecule has 1 saturated heterocycles. The molecular formula is C13H15F3O7. The zero-order valence-corrected chi connectivity index (χ0v) is 12.3. The fraction of sp³-hybridized carbons (Fsp3) is 0.769. The summed E-state index contributed by atoms with van der Waals surface area (Å²) in [6, 6.07) is 0. The number of hydrogen-bond donors (Lipinski definition) is 0. The smallest absolute Gasteiger partial charge is 0.456 e. The Morgan fingerprint density at radius 1 is 1.09 bits per heavy atom. The first kappa shape index (κ1) is 17.5. The molecule has 3 atom stereocenters. The molecule has 2 fully saturated rings. The van der Waals surface area contributed by atoms with Gasteiger partial charge in [0.15, 0.2) is 6.10 Å². The number of esters is 3. The van der Waals surface area contributed by atoms with Crippen molar-refractivity contribution in [2.24, 2.45) is 0 Å². The normalized spacial score (nSPS) is 28.8. The van der Waals surface area contributed by atoms with Gasteiger partial charge in [0.1, 0.15) is 11.7 Å². The van der Waals surface area contributed by atoms with E-state index >= 15 is 0 Å². The van der Waals surface area contributed by atoms with E-state index in [0.29, 0.717) is 0 Å². The van der Waals surface area contributed by atoms with Gasteiger partial charge in [0.25, 0.3) is 0 Å². The number of ether oxygens (including phenoxy) is 4. The summed E-state index contributed by atoms with van der Waals surface area (Å²) in [5.74, 6) is -3.67. The van der Waals surface area contributed by atoms with Crippen LogP contribution in [0.25, 0.3) is 0 Å². The van der Waals surface area contributed by atoms with Crippen molar-refractivity contribution in [2.75, 3.05) is 0 Å². The van der Waals surface area contributed by atoms with Gasteiger partial charge in [-0.05, 0) is 12.8 Å². The minimum Gasteiger partial charge on any atom is -0.456 e. The Morgan fingerprint density at radius 2 is 1.65 bits per heavy atom. The number of hydrogen-bond acceptors (Lipinski definition) is 7. The van der Waals surface area contributed by atoms with Crippen molar-refractivity contribution in [3.8, 4) is 0 Å². The lowest BCUT2D eigenvalue weighted by molar-refractivity contribution is -0.222. The highest BCUT2D eigenvalue weighted by atomic mass is 19.4. The predicted octanol–water partition coefficient (Wildman–Crippen LogP) is 1.23. The molecule has 10 heteroatoms. The van der Waals surface area contributed by atoms with E-state index in [-0.39, 0.29) is 19.3 Å². The number of alkyl halides is 3. The summed E-state index contributed by atoms with van der Waals surface area (Å²) in [6.07, 6.45) is -7.96. The maximum absolute atomic E-state index is 12.3. The molecule has 1 heterocycles. The van der Waals surface area contributed by atoms with Crippen molar-refractivity contribution in [1.29, 1.82) is 0 Å². The van der Waals surface area contributed by atoms with E-state index in [1.54, 1.807) is 0 Å². The van der Waals surface area contributed by atoms with Crippen LogP contribution in [-0.2, 0) is 33.3 Å². The van der Waals surface area contributed by atoms with Crippen LogP contribution in [0.2, 0.25) is 0 Å². The van der Waals surface area contributed by atoms with Gasteiger partial charge in [0.05, 0.1) is 0 Å². The summed E-state index contributed by atoms with van der Waals surface area (Å²) >= 11 is 0. The summed E-state index contributed by atoms with van der Waals surface area (Å²) in [7, 11) is 0. The van der Waals surface area contributed by atoms with Gasteiger partial charge >= 0.3 is 24.1 Å². The molecule has 0 aromatic carbocycles. The first-order valence-electron chi connectivity index (χ1n) is 6.83. The maximum Gasteiger partial charge on any atom is 0.490 e. The Kier molecular flexibility index (Phi) is 4.56. The third kappa shape index (κ3) is 4.12. The van der Waals surface area contributed by atoms with E-state index in [9.17, 15) is 27.6 Å². The Labute approximate surface area is 129 Å². The lowest BCUT2D eigenvalue weighted by Crippen LogP contribution is -2.38. The molecule has 0 aromatic rings. The summed E-state index contributed by atoms with van der Waals surface area (Å²) in [4.78, 5) is 33.1. The lowest BCUT2D eigenvalue weighted by Gasteiger charge is -2.23. The van der Waals surface area contributed by atoms with E-state index < -0.39 is 48.2 Å². The average Bonchev–Trinajstić information content (AvgIpc) is 3.05. The average molecular weight is 340 g/mol. The Bertz CT molecular complexity index is 488. The highest BCUT2D eigenvalue weighted by molar-refractivity contribution is 5.76. The van der Waals surface area contributed by atoms with Gasteiger partial charge in [-0.1, -0.05) is 0 Å². The van der Waals surface area contributed by atoms with Crippen LogP contribution in [0.1, 0.15) is 33.1 Å². The first-order valence-corrected chi connectivity index (χ1v) is 6.83. The van der Waals surface area contributed by atoms with Gasteiger partial charge in [-0.3, -0.25) is 9.59 Å². The Balaban J connectivity index is 2.06. The number of carbonyl (C=O) groups excluding carboxylic acids is 3. The van der Waals surface area contributed by atoms with Crippen LogP contribution in [0.15, 0.2) is 0 Å². The number of carbonyl (C=O) groups is 3. The van der Waals surface area contributed by atoms with Crippen molar-refractivity contribution in [2.45, 2.75) is 63.4 Å². The molecule has 23 heavy (non-hydrogen) atoms. The molecule has 1 saturated carbocycles. The van der Waals surface area contributed by atoms with E-state index in [4.69, 9.17) is 14.2 Å². The zero-order valence-electron chi connectivity index (χ0n) is 12.3. The van der Waals surface area contributed by atoms with Gasteiger partial charge in [0, 0.05) is 20.3 Å². The quantitative estimate of drug-likeness (QED) is 0.562. The molecule has 7 nitrogen and oxygen atoms in total. The Hall–Kier alpha value is -1.84. The second kappa shape index (κ2) is 5.99. The fourth-order valence-electron chi connectivity index (χ4n) is 2.41. The van der Waals surface area contributed by atoms with E-state index in [1.807, 2.05) is 0 Å². The SMILES string of the molecule is CC(=O)OC1O[C@H](C2(OC(=O)C(F)(F)F)CC2)C[C@H]1OC(C)=O. The van der Waals surface area contributed by atoms with Gasteiger partial charge in [0.2, 0.25) is 6.29 Å². The maximum atomic E-state index is 12.3. The molecule has 1 aliphatic heterocycles. The molecule has 0 aromatic heterocycles. The van der Waals surface area contributed by atoms with Crippen molar-refractivity contribution in [3.63, 3.8) is 0 Å². The summed E-state index contributed by atoms with van der Waals surface area (Å²) in [6.45, 7) is 2.24. The second-order valence-corrected chi connectivity index (χ2v) is 5.44. The van der Waals surface area contributed by atoms with E-state index in [2.05, 4.69) is 4.74 Å². The molecule has 1 unspecified atom stereocenters. The van der Waals surface area contributed by atoms with Crippen LogP contribution in [-0.4, -0.2) is 48.2 Å². The largest absolute Gasteiger partial charge is 0.490 e. The molecule has 1 aliphatic carbocycles. The first-order chi connectivity index (χ1) is 10.5. The summed E-state index contributed by atoms with van der Waals surface area (Å²) in [5.41, 5.74) is -1.43. The van der Waals surface area contributed by atoms with Crippen molar-refractivity contribution in [3.05, 3.63) is 0 Å². The molecule has 2 rings (SSSR count). The van der Waals surface area contributed by atoms with Crippen molar-refractivity contribution >= 4 is 17.9 Å². The summed E-state index contributed by atoms with van der Waals surface area (Å²) in [5, 5.41) is 0. The topological polar surface area (TPSA) is 88.1 Å². The molecule has 0 bridgehead atoms. The highest BCUT2D eigenvalue weighted by Gasteiger charge is 2.61. The molecule has 0 radical (unpaired) electrons. The molecule has 0 N–H and O–H groups in total. The Morgan fingerprint density at radius 3 is 2.09 bits per heavy atom. The number of rotatable bonds is 4. The second-order valence-electron chi connectivity index (χ2n) is 5.44. The lowest BCUT2D eigenvalue weighted by atomic mass is 10.1. The van der Waals surface area contributed by atoms with Crippen LogP contribution in [0.4, 0.5) is 13.2 Å². The van der Waals surface area contributed by atoms with Crippen molar-refractivity contribution < 1.29 is 46.5 Å². The van der Waals surface area contributed by atoms with Crippen molar-refractivity contribution in [1.82, 2.24) is 0 Å². The molecule has 0 spiro atoms. The molecule has 2 aliphatic rings. The standard InChI is InChI=1S/C13H15F3O7/c1-6(17)20-8-5-9(22-10(8)21-7(2)18)12(3-4-12)23-11(19)13(14,15)16/h8-10H,3-5H2,1-2H3/t8-,9+,10?/m1/s1. The summed E-state index contributed by atoms with van der Waals surface area (Å²) < 4.78 is 56.7. The minimum atomic E-state index is -5.11. The van der Waals surface area contributed by atoms with Crippen LogP contribution in [0, 0.1) is 0 Å². The molecule has 0 amide bonds. The van der Waals surface area contributed by atoms with Gasteiger partial charge in [-0.2, -0.15) is 13.2 Å². The third-order valence-corrected chi connectivity index (χ3v) is 3.50. The van der Waals surface area contributed by atoms with Crippen LogP contribution in [0.3, 0.4) is 0 Å². The molecule has 130 valence electrons. The van der Waals surface area contributed by atoms with Crippen LogP contribution < -0.4 is 0 Å². The van der Waals surface area contributed by atoms with Gasteiger partial charge < -0.3 is 18.9 Å². The number of halogens is 3. The van der Waals surface area contributed by atoms with E-state index in [1.165, 1.54) is 0 Å². The van der Waals surface area contributed by atoms with Crippen LogP contribution >= 0.6 is 0 Å².